The average Bonchev–Trinajstić information content (AvgIpc) is 1.80. The predicted molar refractivity (Wildman–Crippen MR) is 441 cm³/mol. The van der Waals surface area contributed by atoms with Crippen LogP contribution in [-0.4, -0.2) is 215 Å². The number of aromatic amines is 2. The molecule has 117 heavy (non-hydrogen) atoms. The van der Waals surface area contributed by atoms with E-state index < -0.39 is 132 Å². The molecule has 33 nitrogen and oxygen atoms in total. The van der Waals surface area contributed by atoms with Crippen LogP contribution in [0.2, 0.25) is 5.02 Å². The van der Waals surface area contributed by atoms with Crippen LogP contribution in [0.25, 0.3) is 33.5 Å². The lowest BCUT2D eigenvalue weighted by Crippen LogP contribution is -2.62. The fourth-order valence-corrected chi connectivity index (χ4v) is 13.9. The Morgan fingerprint density at radius 1 is 0.564 bits per heavy atom. The van der Waals surface area contributed by atoms with Crippen molar-refractivity contribution in [3.63, 3.8) is 0 Å². The second-order valence-electron chi connectivity index (χ2n) is 30.0. The number of anilines is 2. The molecule has 1 aliphatic rings. The molecule has 8 aromatic rings. The Labute approximate surface area is 683 Å². The average molecular weight is 1630 g/mol. The maximum absolute atomic E-state index is 15.8. The predicted octanol–water partition coefficient (Wildman–Crippen LogP) is 3.22. The van der Waals surface area contributed by atoms with Crippen LogP contribution in [0.5, 0.6) is 0 Å². The van der Waals surface area contributed by atoms with Gasteiger partial charge in [-0.1, -0.05) is 148 Å². The van der Waals surface area contributed by atoms with E-state index in [0.717, 1.165) is 10.8 Å². The Balaban J connectivity index is 1.01. The molecule has 4 heterocycles. The second kappa shape index (κ2) is 42.9. The summed E-state index contributed by atoms with van der Waals surface area (Å²) in [6.07, 6.45) is 4.14. The summed E-state index contributed by atoms with van der Waals surface area (Å²) in [6, 6.07) is 23.0. The van der Waals surface area contributed by atoms with Gasteiger partial charge in [0.15, 0.2) is 11.6 Å². The zero-order valence-electron chi connectivity index (χ0n) is 66.9. The molecule has 17 N–H and O–H groups in total. The standard InChI is InChI=1S/C83H106ClN21O12/c1-9-88-72(108)49(6)90-78(114)68-20-15-37-105(68)81(117)61(19-12-13-36-89-48(4)5)92-79(115)69(38-47(2)3)104(8)80(116)66(42-52-23-31-58(32-24-52)71-99-83(86)103-101-71)96-75(111)64(40-51-21-29-57(30-22-51)70-98-82(85)102-100-70)95-77(113)67(46-106)97-76(112)65(44-55-16-14-35-87-45-55)94-74(110)63(41-53-26-33-60(84)34-27-53)93-73(109)62(91-50(7)107)43-54-25-28-56-17-10-11-18-59(56)39-54/h10-11,14,16-18,21-35,39,45,47-49,61-69,89,106H,9,12-13,15,19-20,36-38,40-44,46H2,1-8H3,(H,88,108)(H,90,114)(H,91,107)(H,92,115)(H,93,109)(H,94,110)(H,95,113)(H,96,111)(H,97,112)(H3,85,98,100,102)(H3,86,99,101,103)/t49-,61-,62+,63-,64-,65+,66-,67-,68+,69-/m0/s1. The summed E-state index contributed by atoms with van der Waals surface area (Å²) in [7, 11) is 1.41. The molecule has 1 saturated heterocycles. The topological polar surface area (TPSA) is 483 Å². The van der Waals surface area contributed by atoms with Crippen molar-refractivity contribution in [1.82, 2.24) is 98.3 Å². The molecule has 0 unspecified atom stereocenters. The number of aromatic nitrogens is 7. The highest BCUT2D eigenvalue weighted by Crippen LogP contribution is 2.25. The van der Waals surface area contributed by atoms with Gasteiger partial charge in [0.05, 0.1) is 6.61 Å². The first-order chi connectivity index (χ1) is 56.0. The van der Waals surface area contributed by atoms with Crippen molar-refractivity contribution in [1.29, 1.82) is 0 Å². The third-order valence-corrected chi connectivity index (χ3v) is 20.2. The van der Waals surface area contributed by atoms with Crippen LogP contribution in [0.1, 0.15) is 115 Å². The van der Waals surface area contributed by atoms with Gasteiger partial charge >= 0.3 is 0 Å². The van der Waals surface area contributed by atoms with Gasteiger partial charge in [0.1, 0.15) is 60.4 Å². The van der Waals surface area contributed by atoms with E-state index in [-0.39, 0.29) is 87.0 Å². The number of nitrogens with zero attached hydrogens (tertiary/aromatic N) is 7. The van der Waals surface area contributed by atoms with Crippen molar-refractivity contribution in [2.45, 2.75) is 186 Å². The summed E-state index contributed by atoms with van der Waals surface area (Å²) in [4.78, 5) is 176. The summed E-state index contributed by atoms with van der Waals surface area (Å²) in [5.41, 5.74) is 15.4. The van der Waals surface area contributed by atoms with E-state index in [1.807, 2.05) is 70.2 Å². The van der Waals surface area contributed by atoms with Crippen molar-refractivity contribution < 1.29 is 57.8 Å². The normalized spacial score (nSPS) is 14.9. The fraction of sp³-hybridized carbons (Fsp3) is 0.422. The van der Waals surface area contributed by atoms with Crippen LogP contribution >= 0.6 is 11.6 Å². The largest absolute Gasteiger partial charge is 0.394 e. The number of H-pyrrole nitrogens is 2. The molecule has 0 aliphatic carbocycles. The summed E-state index contributed by atoms with van der Waals surface area (Å²) >= 11 is 6.29. The zero-order valence-corrected chi connectivity index (χ0v) is 67.7. The van der Waals surface area contributed by atoms with Gasteiger partial charge in [-0.2, -0.15) is 20.2 Å². The minimum Gasteiger partial charge on any atom is -0.394 e. The third kappa shape index (κ3) is 26.1. The number of benzene rings is 5. The SMILES string of the molecule is CCNC(=O)[C@H](C)NC(=O)[C@H]1CCCN1C(=O)[C@H](CCCCNC(C)C)NC(=O)[C@H](CC(C)C)N(C)C(=O)[C@H](Cc1ccc(-c2n[nH]c(N)n2)cc1)NC(=O)[C@H](Cc1ccc(-c2n[nH]c(N)n2)cc1)NC(=O)[C@H](CO)NC(=O)[C@@H](Cc1cccnc1)NC(=O)[C@H](Cc1ccc(Cl)cc1)NC(=O)[C@@H](Cc1ccc2ccccc2c1)NC(C)=O. The Bertz CT molecular complexity index is 4720. The van der Waals surface area contributed by atoms with E-state index in [0.29, 0.717) is 82.7 Å². The second-order valence-corrected chi connectivity index (χ2v) is 30.4. The number of halogens is 1. The highest BCUT2D eigenvalue weighted by molar-refractivity contribution is 6.30. The molecule has 0 radical (unpaired) electrons. The summed E-state index contributed by atoms with van der Waals surface area (Å²) in [5, 5.41) is 55.2. The molecule has 0 bridgehead atoms. The van der Waals surface area contributed by atoms with Crippen LogP contribution in [0.15, 0.2) is 140 Å². The first-order valence-electron chi connectivity index (χ1n) is 39.3. The minimum absolute atomic E-state index is 0.0304. The number of hydrogen-bond donors (Lipinski definition) is 15. The number of carbonyl (C=O) groups is 11. The number of pyridine rings is 1. The third-order valence-electron chi connectivity index (χ3n) is 19.9. The van der Waals surface area contributed by atoms with Crippen LogP contribution in [0.4, 0.5) is 11.9 Å². The number of amides is 11. The van der Waals surface area contributed by atoms with Crippen LogP contribution < -0.4 is 64.6 Å². The number of aliphatic hydroxyl groups excluding tert-OH is 1. The maximum Gasteiger partial charge on any atom is 0.245 e. The van der Waals surface area contributed by atoms with Gasteiger partial charge < -0.3 is 79.5 Å². The Morgan fingerprint density at radius 2 is 1.06 bits per heavy atom. The van der Waals surface area contributed by atoms with Gasteiger partial charge in [-0.15, -0.1) is 0 Å². The molecule has 622 valence electrons. The van der Waals surface area contributed by atoms with Crippen molar-refractivity contribution in [3.05, 3.63) is 173 Å². The molecule has 0 spiro atoms. The van der Waals surface area contributed by atoms with Gasteiger partial charge in [-0.3, -0.25) is 57.7 Å². The number of aliphatic hydroxyl groups is 1. The van der Waals surface area contributed by atoms with Crippen LogP contribution in [0, 0.1) is 5.92 Å². The lowest BCUT2D eigenvalue weighted by molar-refractivity contribution is -0.145. The molecule has 11 amide bonds. The van der Waals surface area contributed by atoms with Crippen molar-refractivity contribution in [2.24, 2.45) is 5.92 Å². The molecule has 0 saturated carbocycles. The van der Waals surface area contributed by atoms with Crippen molar-refractivity contribution in [3.8, 4) is 22.8 Å². The first kappa shape index (κ1) is 88.7. The number of nitrogens with one attached hydrogen (secondary N) is 12. The summed E-state index contributed by atoms with van der Waals surface area (Å²) in [6.45, 7) is 12.4. The Kier molecular flexibility index (Phi) is 32.6. The number of likely N-dealkylation sites (N-methyl/N-ethyl adjacent to an activating group) is 2. The minimum atomic E-state index is -1.85. The molecule has 9 rings (SSSR count). The number of unbranched alkanes of at least 4 members (excludes halogenated alkanes) is 1. The van der Waals surface area contributed by atoms with Gasteiger partial charge in [0.2, 0.25) is 76.9 Å². The molecular weight excluding hydrogens is 1520 g/mol. The molecule has 10 atom stereocenters. The molecular formula is C83H106ClN21O12. The number of likely N-dealkylation sites (tertiary alicyclic amines) is 1. The molecule has 1 fully saturated rings. The molecule has 34 heteroatoms. The Hall–Kier alpha value is -12.2. The van der Waals surface area contributed by atoms with E-state index in [4.69, 9.17) is 23.1 Å². The van der Waals surface area contributed by atoms with Gasteiger partial charge in [0.25, 0.3) is 0 Å². The number of nitrogen functional groups attached to an aromatic ring is 2. The smallest absolute Gasteiger partial charge is 0.245 e. The maximum atomic E-state index is 15.8. The van der Waals surface area contributed by atoms with Crippen LogP contribution in [-0.2, 0) is 84.8 Å². The molecule has 1 aliphatic heterocycles. The fourth-order valence-electron chi connectivity index (χ4n) is 13.8. The zero-order chi connectivity index (χ0) is 84.4. The van der Waals surface area contributed by atoms with E-state index in [9.17, 15) is 29.1 Å². The van der Waals surface area contributed by atoms with Crippen molar-refractivity contribution >= 4 is 99.2 Å². The Morgan fingerprint density at radius 3 is 1.57 bits per heavy atom. The lowest BCUT2D eigenvalue weighted by Gasteiger charge is -2.34. The highest BCUT2D eigenvalue weighted by atomic mass is 35.5. The number of rotatable bonds is 41. The quantitative estimate of drug-likeness (QED) is 0.0245. The molecule has 5 aromatic carbocycles. The van der Waals surface area contributed by atoms with Crippen molar-refractivity contribution in [2.75, 3.05) is 44.8 Å². The highest BCUT2D eigenvalue weighted by Gasteiger charge is 2.42. The number of fused-ring (bicyclic) bond motifs is 1. The summed E-state index contributed by atoms with van der Waals surface area (Å²) < 4.78 is 0. The monoisotopic (exact) mass is 1620 g/mol. The van der Waals surface area contributed by atoms with Gasteiger partial charge in [-0.05, 0) is 122 Å². The van der Waals surface area contributed by atoms with Crippen LogP contribution in [0.3, 0.4) is 0 Å². The van der Waals surface area contributed by atoms with E-state index >= 15 is 28.8 Å². The van der Waals surface area contributed by atoms with Gasteiger partial charge in [-0.25, -0.2) is 10.2 Å². The van der Waals surface area contributed by atoms with E-state index in [1.165, 1.54) is 36.2 Å². The number of hydrogen-bond acceptors (Lipinski definition) is 20. The summed E-state index contributed by atoms with van der Waals surface area (Å²) in [5.74, 6) is -7.68. The number of carbonyl (C=O) groups excluding carboxylic acids is 11. The van der Waals surface area contributed by atoms with E-state index in [2.05, 4.69) is 88.5 Å². The van der Waals surface area contributed by atoms with E-state index in [1.54, 1.807) is 98.8 Å². The number of nitrogens with two attached hydrogens (primary N) is 2. The molecule has 3 aromatic heterocycles. The van der Waals surface area contributed by atoms with Gasteiger partial charge in [0, 0.05) is 93.8 Å². The first-order valence-corrected chi connectivity index (χ1v) is 39.6. The lowest BCUT2D eigenvalue weighted by atomic mass is 9.97.